The van der Waals surface area contributed by atoms with Crippen LogP contribution in [0.15, 0.2) is 18.2 Å². The number of nitrogens with two attached hydrogens (primary N) is 1. The summed E-state index contributed by atoms with van der Waals surface area (Å²) in [7, 11) is 1.64. The molecule has 0 saturated carbocycles. The number of aromatic nitrogens is 2. The van der Waals surface area contributed by atoms with Gasteiger partial charge in [-0.2, -0.15) is 5.10 Å². The van der Waals surface area contributed by atoms with Gasteiger partial charge < -0.3 is 10.5 Å². The molecule has 0 atom stereocenters. The molecule has 1 aromatic heterocycles. The number of hydrogen-bond donors (Lipinski definition) is 1. The van der Waals surface area contributed by atoms with E-state index >= 15 is 0 Å². The first-order chi connectivity index (χ1) is 10.1. The maximum absolute atomic E-state index is 6.19. The summed E-state index contributed by atoms with van der Waals surface area (Å²) in [5, 5.41) is 5.15. The van der Waals surface area contributed by atoms with E-state index in [0.717, 1.165) is 28.3 Å². The van der Waals surface area contributed by atoms with Crippen LogP contribution in [0.3, 0.4) is 0 Å². The molecule has 0 fully saturated rings. The number of hydrogen-bond acceptors (Lipinski definition) is 3. The Bertz CT molecular complexity index is 710. The summed E-state index contributed by atoms with van der Waals surface area (Å²) in [4.78, 5) is 0. The van der Waals surface area contributed by atoms with Gasteiger partial charge in [0, 0.05) is 5.56 Å². The third-order valence-electron chi connectivity index (χ3n) is 3.25. The molecule has 1 aromatic carbocycles. The average Bonchev–Trinajstić information content (AvgIpc) is 2.73. The molecule has 0 spiro atoms. The molecule has 1 heterocycles. The number of rotatable bonds is 3. The predicted octanol–water partition coefficient (Wildman–Crippen LogP) is 2.52. The highest BCUT2D eigenvalue weighted by molar-refractivity contribution is 6.31. The third-order valence-corrected chi connectivity index (χ3v) is 3.80. The van der Waals surface area contributed by atoms with Crippen molar-refractivity contribution in [2.24, 2.45) is 5.73 Å². The van der Waals surface area contributed by atoms with Gasteiger partial charge in [-0.1, -0.05) is 23.4 Å². The van der Waals surface area contributed by atoms with Gasteiger partial charge in [0.2, 0.25) is 0 Å². The van der Waals surface area contributed by atoms with E-state index in [1.807, 2.05) is 36.7 Å². The van der Waals surface area contributed by atoms with Gasteiger partial charge in [-0.25, -0.2) is 0 Å². The minimum atomic E-state index is 0.331. The molecule has 2 rings (SSSR count). The van der Waals surface area contributed by atoms with Crippen LogP contribution in [0, 0.1) is 25.7 Å². The highest BCUT2D eigenvalue weighted by Gasteiger charge is 2.11. The fourth-order valence-electron chi connectivity index (χ4n) is 2.09. The Morgan fingerprint density at radius 1 is 1.38 bits per heavy atom. The Hall–Kier alpha value is -1.96. The van der Waals surface area contributed by atoms with Crippen molar-refractivity contribution in [1.29, 1.82) is 0 Å². The molecule has 0 amide bonds. The standard InChI is InChI=1S/C16H18ClN3O/c1-11-16(17)12(2)20(19-11)10-14-9-15(21-3)7-6-13(14)5-4-8-18/h6-7,9H,8,10,18H2,1-3H3. The molecule has 0 aliphatic heterocycles. The Labute approximate surface area is 129 Å². The van der Waals surface area contributed by atoms with E-state index in [4.69, 9.17) is 22.1 Å². The minimum absolute atomic E-state index is 0.331. The highest BCUT2D eigenvalue weighted by Crippen LogP contribution is 2.22. The van der Waals surface area contributed by atoms with Crippen LogP contribution in [0.1, 0.15) is 22.5 Å². The van der Waals surface area contributed by atoms with Gasteiger partial charge >= 0.3 is 0 Å². The topological polar surface area (TPSA) is 53.1 Å². The maximum atomic E-state index is 6.19. The van der Waals surface area contributed by atoms with Gasteiger partial charge in [-0.05, 0) is 37.6 Å². The normalized spacial score (nSPS) is 10.1. The van der Waals surface area contributed by atoms with E-state index in [0.29, 0.717) is 18.1 Å². The second-order valence-corrected chi connectivity index (χ2v) is 5.05. The number of methoxy groups -OCH3 is 1. The lowest BCUT2D eigenvalue weighted by Gasteiger charge is -2.09. The van der Waals surface area contributed by atoms with E-state index in [1.54, 1.807) is 7.11 Å². The largest absolute Gasteiger partial charge is 0.497 e. The van der Waals surface area contributed by atoms with Crippen molar-refractivity contribution >= 4 is 11.6 Å². The number of ether oxygens (including phenoxy) is 1. The second-order valence-electron chi connectivity index (χ2n) is 4.67. The third kappa shape index (κ3) is 3.38. The molecule has 0 aliphatic rings. The van der Waals surface area contributed by atoms with Gasteiger partial charge in [0.1, 0.15) is 5.75 Å². The molecule has 2 aromatic rings. The van der Waals surface area contributed by atoms with Gasteiger partial charge in [-0.15, -0.1) is 0 Å². The Balaban J connectivity index is 2.43. The first kappa shape index (κ1) is 15.4. The summed E-state index contributed by atoms with van der Waals surface area (Å²) in [6, 6.07) is 5.78. The van der Waals surface area contributed by atoms with Crippen LogP contribution in [-0.2, 0) is 6.54 Å². The monoisotopic (exact) mass is 303 g/mol. The van der Waals surface area contributed by atoms with Crippen molar-refractivity contribution in [2.75, 3.05) is 13.7 Å². The molecular formula is C16H18ClN3O. The maximum Gasteiger partial charge on any atom is 0.119 e. The predicted molar refractivity (Wildman–Crippen MR) is 84.7 cm³/mol. The summed E-state index contributed by atoms with van der Waals surface area (Å²) in [5.74, 6) is 6.75. The van der Waals surface area contributed by atoms with Gasteiger partial charge in [0.05, 0.1) is 36.6 Å². The molecule has 2 N–H and O–H groups in total. The molecule has 0 saturated heterocycles. The smallest absolute Gasteiger partial charge is 0.119 e. The van der Waals surface area contributed by atoms with Gasteiger partial charge in [0.25, 0.3) is 0 Å². The van der Waals surface area contributed by atoms with Crippen molar-refractivity contribution in [3.8, 4) is 17.6 Å². The van der Waals surface area contributed by atoms with Crippen LogP contribution in [0.4, 0.5) is 0 Å². The lowest BCUT2D eigenvalue weighted by molar-refractivity contribution is 0.414. The van der Waals surface area contributed by atoms with Crippen molar-refractivity contribution < 1.29 is 4.74 Å². The number of aryl methyl sites for hydroxylation is 1. The zero-order chi connectivity index (χ0) is 15.4. The number of nitrogens with zero attached hydrogens (tertiary/aromatic N) is 2. The van der Waals surface area contributed by atoms with Crippen LogP contribution in [0.5, 0.6) is 5.75 Å². The Kier molecular flexibility index (Phi) is 4.89. The van der Waals surface area contributed by atoms with Gasteiger partial charge in [0.15, 0.2) is 0 Å². The summed E-state index contributed by atoms with van der Waals surface area (Å²) < 4.78 is 7.16. The van der Waals surface area contributed by atoms with Crippen molar-refractivity contribution in [3.05, 3.63) is 45.7 Å². The van der Waals surface area contributed by atoms with Crippen LogP contribution < -0.4 is 10.5 Å². The summed E-state index contributed by atoms with van der Waals surface area (Å²) in [6.45, 7) is 4.77. The quantitative estimate of drug-likeness (QED) is 0.887. The molecule has 0 radical (unpaired) electrons. The average molecular weight is 304 g/mol. The van der Waals surface area contributed by atoms with Gasteiger partial charge in [-0.3, -0.25) is 4.68 Å². The van der Waals surface area contributed by atoms with E-state index in [1.165, 1.54) is 0 Å². The van der Waals surface area contributed by atoms with E-state index in [9.17, 15) is 0 Å². The zero-order valence-electron chi connectivity index (χ0n) is 12.4. The first-order valence-corrected chi connectivity index (χ1v) is 7.00. The molecule has 0 bridgehead atoms. The van der Waals surface area contributed by atoms with Crippen LogP contribution >= 0.6 is 11.6 Å². The molecular weight excluding hydrogens is 286 g/mol. The molecule has 110 valence electrons. The fourth-order valence-corrected chi connectivity index (χ4v) is 2.22. The molecule has 5 heteroatoms. The van der Waals surface area contributed by atoms with Crippen LogP contribution in [-0.4, -0.2) is 23.4 Å². The first-order valence-electron chi connectivity index (χ1n) is 6.62. The molecule has 0 unspecified atom stereocenters. The van der Waals surface area contributed by atoms with Crippen molar-refractivity contribution in [3.63, 3.8) is 0 Å². The molecule has 0 aliphatic carbocycles. The number of halogens is 1. The van der Waals surface area contributed by atoms with Crippen LogP contribution in [0.25, 0.3) is 0 Å². The molecule has 21 heavy (non-hydrogen) atoms. The summed E-state index contributed by atoms with van der Waals surface area (Å²) in [5.41, 5.74) is 9.16. The highest BCUT2D eigenvalue weighted by atomic mass is 35.5. The number of benzene rings is 1. The Morgan fingerprint density at radius 3 is 2.71 bits per heavy atom. The van der Waals surface area contributed by atoms with Crippen molar-refractivity contribution in [2.45, 2.75) is 20.4 Å². The lowest BCUT2D eigenvalue weighted by Crippen LogP contribution is -2.06. The zero-order valence-corrected chi connectivity index (χ0v) is 13.2. The minimum Gasteiger partial charge on any atom is -0.497 e. The Morgan fingerprint density at radius 2 is 2.14 bits per heavy atom. The van der Waals surface area contributed by atoms with E-state index < -0.39 is 0 Å². The SMILES string of the molecule is COc1ccc(C#CCN)c(Cn2nc(C)c(Cl)c2C)c1. The molecule has 4 nitrogen and oxygen atoms in total. The summed E-state index contributed by atoms with van der Waals surface area (Å²) in [6.07, 6.45) is 0. The summed E-state index contributed by atoms with van der Waals surface area (Å²) >= 11 is 6.19. The second kappa shape index (κ2) is 6.66. The van der Waals surface area contributed by atoms with E-state index in [-0.39, 0.29) is 0 Å². The lowest BCUT2D eigenvalue weighted by atomic mass is 10.1. The fraction of sp³-hybridized carbons (Fsp3) is 0.312. The van der Waals surface area contributed by atoms with E-state index in [2.05, 4.69) is 16.9 Å². The van der Waals surface area contributed by atoms with Crippen LogP contribution in [0.2, 0.25) is 5.02 Å². The van der Waals surface area contributed by atoms with Crippen molar-refractivity contribution in [1.82, 2.24) is 9.78 Å².